The molecule has 3 N–H and O–H groups in total. The molecule has 0 amide bonds. The van der Waals surface area contributed by atoms with Crippen LogP contribution in [0.1, 0.15) is 33.5 Å². The highest BCUT2D eigenvalue weighted by Crippen LogP contribution is 2.34. The SMILES string of the molecule is CC(O)(C#Cc1ccc2c(c1)-c1nc(C(=O)O)c(C(=O)O)n1CCO2)CF. The van der Waals surface area contributed by atoms with Crippen molar-refractivity contribution >= 4 is 11.9 Å². The predicted octanol–water partition coefficient (Wildman–Crippen LogP) is 1.41. The number of carbonyl (C=O) groups is 2. The summed E-state index contributed by atoms with van der Waals surface area (Å²) in [6.07, 6.45) is 0. The predicted molar refractivity (Wildman–Crippen MR) is 90.6 cm³/mol. The van der Waals surface area contributed by atoms with Crippen LogP contribution in [0.2, 0.25) is 0 Å². The van der Waals surface area contributed by atoms with E-state index in [4.69, 9.17) is 4.74 Å². The Morgan fingerprint density at radius 1 is 1.37 bits per heavy atom. The van der Waals surface area contributed by atoms with Crippen LogP contribution in [0.25, 0.3) is 11.4 Å². The van der Waals surface area contributed by atoms with Gasteiger partial charge in [-0.1, -0.05) is 11.8 Å². The summed E-state index contributed by atoms with van der Waals surface area (Å²) in [4.78, 5) is 26.9. The lowest BCUT2D eigenvalue weighted by molar-refractivity contribution is 0.0639. The topological polar surface area (TPSA) is 122 Å². The van der Waals surface area contributed by atoms with E-state index in [1.807, 2.05) is 0 Å². The third-order valence-corrected chi connectivity index (χ3v) is 3.90. The molecule has 1 atom stereocenters. The van der Waals surface area contributed by atoms with Crippen molar-refractivity contribution in [2.24, 2.45) is 0 Å². The number of fused-ring (bicyclic) bond motifs is 3. The number of carboxylic acids is 2. The van der Waals surface area contributed by atoms with Gasteiger partial charge >= 0.3 is 11.9 Å². The smallest absolute Gasteiger partial charge is 0.357 e. The zero-order chi connectivity index (χ0) is 19.8. The molecule has 3 rings (SSSR count). The summed E-state index contributed by atoms with van der Waals surface area (Å²) in [5.74, 6) is 2.68. The second-order valence-electron chi connectivity index (χ2n) is 6.11. The van der Waals surface area contributed by atoms with Gasteiger partial charge in [-0.25, -0.2) is 19.0 Å². The van der Waals surface area contributed by atoms with Gasteiger partial charge in [0.1, 0.15) is 24.9 Å². The minimum absolute atomic E-state index is 0.101. The van der Waals surface area contributed by atoms with Crippen LogP contribution in [0.3, 0.4) is 0 Å². The van der Waals surface area contributed by atoms with E-state index in [1.54, 1.807) is 12.1 Å². The van der Waals surface area contributed by atoms with Gasteiger partial charge in [-0.05, 0) is 25.1 Å². The number of halogens is 1. The van der Waals surface area contributed by atoms with Crippen molar-refractivity contribution in [3.63, 3.8) is 0 Å². The number of carboxylic acid groups (broad SMARTS) is 2. The molecule has 1 aromatic carbocycles. The molecule has 0 radical (unpaired) electrons. The molecular formula is C18H15FN2O6. The van der Waals surface area contributed by atoms with Gasteiger partial charge in [0.25, 0.3) is 0 Å². The molecule has 0 bridgehead atoms. The molecular weight excluding hydrogens is 359 g/mol. The third kappa shape index (κ3) is 3.47. The summed E-state index contributed by atoms with van der Waals surface area (Å²) >= 11 is 0. The standard InChI is InChI=1S/C18H15FN2O6/c1-18(26,9-19)5-4-10-2-3-12-11(8-10)15-20-13(16(22)23)14(17(24)25)21(15)6-7-27-12/h2-3,8,26H,6-7,9H2,1H3,(H,22,23)(H,24,25). The number of ether oxygens (including phenoxy) is 1. The molecule has 1 aliphatic heterocycles. The summed E-state index contributed by atoms with van der Waals surface area (Å²) in [5, 5.41) is 28.4. The van der Waals surface area contributed by atoms with Gasteiger partial charge in [0, 0.05) is 5.56 Å². The highest BCUT2D eigenvalue weighted by Gasteiger charge is 2.30. The Morgan fingerprint density at radius 3 is 2.74 bits per heavy atom. The molecule has 0 saturated heterocycles. The fraction of sp³-hybridized carbons (Fsp3) is 0.278. The maximum atomic E-state index is 12.7. The zero-order valence-corrected chi connectivity index (χ0v) is 14.2. The Hall–Kier alpha value is -3.38. The van der Waals surface area contributed by atoms with Crippen LogP contribution in [0.4, 0.5) is 4.39 Å². The highest BCUT2D eigenvalue weighted by atomic mass is 19.1. The zero-order valence-electron chi connectivity index (χ0n) is 14.2. The van der Waals surface area contributed by atoms with E-state index in [2.05, 4.69) is 16.8 Å². The molecule has 2 heterocycles. The number of imidazole rings is 1. The molecule has 9 heteroatoms. The Kier molecular flexibility index (Phi) is 4.59. The lowest BCUT2D eigenvalue weighted by Gasteiger charge is -2.10. The number of aromatic carboxylic acids is 2. The van der Waals surface area contributed by atoms with E-state index >= 15 is 0 Å². The Bertz CT molecular complexity index is 999. The number of aliphatic hydroxyl groups is 1. The highest BCUT2D eigenvalue weighted by molar-refractivity contribution is 6.00. The van der Waals surface area contributed by atoms with Crippen molar-refractivity contribution in [2.75, 3.05) is 13.3 Å². The monoisotopic (exact) mass is 374 g/mol. The molecule has 0 spiro atoms. The average Bonchev–Trinajstić information content (AvgIpc) is 2.92. The minimum atomic E-state index is -1.80. The summed E-state index contributed by atoms with van der Waals surface area (Å²) in [6, 6.07) is 4.70. The Balaban J connectivity index is 2.18. The number of alkyl halides is 1. The van der Waals surface area contributed by atoms with Crippen LogP contribution in [-0.4, -0.2) is 55.7 Å². The third-order valence-electron chi connectivity index (χ3n) is 3.90. The second-order valence-corrected chi connectivity index (χ2v) is 6.11. The molecule has 0 aliphatic carbocycles. The number of hydrogen-bond acceptors (Lipinski definition) is 5. The van der Waals surface area contributed by atoms with E-state index in [9.17, 15) is 29.3 Å². The van der Waals surface area contributed by atoms with E-state index in [0.29, 0.717) is 16.9 Å². The molecule has 1 aliphatic rings. The second kappa shape index (κ2) is 6.74. The van der Waals surface area contributed by atoms with Gasteiger partial charge < -0.3 is 24.6 Å². The average molecular weight is 374 g/mol. The van der Waals surface area contributed by atoms with E-state index in [1.165, 1.54) is 17.6 Å². The van der Waals surface area contributed by atoms with Crippen LogP contribution < -0.4 is 4.74 Å². The van der Waals surface area contributed by atoms with E-state index < -0.39 is 35.6 Å². The van der Waals surface area contributed by atoms with Crippen LogP contribution >= 0.6 is 0 Å². The van der Waals surface area contributed by atoms with Gasteiger partial charge in [0.2, 0.25) is 0 Å². The Morgan fingerprint density at radius 2 is 2.11 bits per heavy atom. The number of aromatic nitrogens is 2. The van der Waals surface area contributed by atoms with Gasteiger partial charge in [-0.15, -0.1) is 0 Å². The van der Waals surface area contributed by atoms with Crippen molar-refractivity contribution in [1.82, 2.24) is 9.55 Å². The number of benzene rings is 1. The van der Waals surface area contributed by atoms with Crippen LogP contribution in [-0.2, 0) is 6.54 Å². The lowest BCUT2D eigenvalue weighted by atomic mass is 10.1. The molecule has 1 unspecified atom stereocenters. The van der Waals surface area contributed by atoms with Crippen LogP contribution in [0.5, 0.6) is 5.75 Å². The van der Waals surface area contributed by atoms with Gasteiger partial charge in [-0.3, -0.25) is 0 Å². The quantitative estimate of drug-likeness (QED) is 0.695. The number of rotatable bonds is 3. The van der Waals surface area contributed by atoms with Crippen LogP contribution in [0, 0.1) is 11.8 Å². The number of nitrogens with zero attached hydrogens (tertiary/aromatic N) is 2. The maximum Gasteiger partial charge on any atom is 0.357 e. The first-order valence-corrected chi connectivity index (χ1v) is 7.89. The minimum Gasteiger partial charge on any atom is -0.491 e. The molecule has 0 fully saturated rings. The first-order chi connectivity index (χ1) is 12.7. The Labute approximate surface area is 152 Å². The molecule has 1 aromatic heterocycles. The van der Waals surface area contributed by atoms with Crippen LogP contribution in [0.15, 0.2) is 18.2 Å². The lowest BCUT2D eigenvalue weighted by Crippen LogP contribution is -2.23. The van der Waals surface area contributed by atoms with Crippen molar-refractivity contribution in [3.05, 3.63) is 35.2 Å². The van der Waals surface area contributed by atoms with Crippen molar-refractivity contribution < 1.29 is 34.0 Å². The van der Waals surface area contributed by atoms with Crippen molar-refractivity contribution in [1.29, 1.82) is 0 Å². The summed E-state index contributed by atoms with van der Waals surface area (Å²) < 4.78 is 19.6. The fourth-order valence-electron chi connectivity index (χ4n) is 2.64. The van der Waals surface area contributed by atoms with E-state index in [0.717, 1.165) is 0 Å². The fourth-order valence-corrected chi connectivity index (χ4v) is 2.64. The summed E-state index contributed by atoms with van der Waals surface area (Å²) in [5.41, 5.74) is -2.05. The molecule has 8 nitrogen and oxygen atoms in total. The normalized spacial score (nSPS) is 14.5. The molecule has 140 valence electrons. The van der Waals surface area contributed by atoms with E-state index in [-0.39, 0.29) is 19.0 Å². The van der Waals surface area contributed by atoms with Crippen molar-refractivity contribution in [2.45, 2.75) is 19.1 Å². The first-order valence-electron chi connectivity index (χ1n) is 7.89. The largest absolute Gasteiger partial charge is 0.491 e. The summed E-state index contributed by atoms with van der Waals surface area (Å²) in [6.45, 7) is 0.417. The van der Waals surface area contributed by atoms with Gasteiger partial charge in [0.05, 0.1) is 12.1 Å². The molecule has 27 heavy (non-hydrogen) atoms. The maximum absolute atomic E-state index is 12.7. The summed E-state index contributed by atoms with van der Waals surface area (Å²) in [7, 11) is 0. The number of hydrogen-bond donors (Lipinski definition) is 3. The molecule has 0 saturated carbocycles. The van der Waals surface area contributed by atoms with Crippen molar-refractivity contribution in [3.8, 4) is 29.0 Å². The first kappa shape index (κ1) is 18.4. The van der Waals surface area contributed by atoms with Gasteiger partial charge in [0.15, 0.2) is 17.0 Å². The van der Waals surface area contributed by atoms with Gasteiger partial charge in [-0.2, -0.15) is 0 Å². The molecule has 2 aromatic rings.